The van der Waals surface area contributed by atoms with Crippen molar-refractivity contribution in [3.05, 3.63) is 78.4 Å². The summed E-state index contributed by atoms with van der Waals surface area (Å²) in [5, 5.41) is 0. The molecule has 0 bridgehead atoms. The number of carbonyl (C=O) groups excluding carboxylic acids is 1. The summed E-state index contributed by atoms with van der Waals surface area (Å²) in [5.74, 6) is 1.42. The number of anilines is 1. The Kier molecular flexibility index (Phi) is 8.35. The van der Waals surface area contributed by atoms with E-state index in [4.69, 9.17) is 19.9 Å². The third kappa shape index (κ3) is 7.07. The van der Waals surface area contributed by atoms with Gasteiger partial charge in [-0.1, -0.05) is 24.3 Å². The van der Waals surface area contributed by atoms with Crippen LogP contribution in [0.5, 0.6) is 11.5 Å². The molecule has 0 aromatic heterocycles. The molecule has 0 aliphatic rings. The van der Waals surface area contributed by atoms with Gasteiger partial charge in [0.2, 0.25) is 0 Å². The van der Waals surface area contributed by atoms with Gasteiger partial charge < -0.3 is 19.9 Å². The number of esters is 1. The van der Waals surface area contributed by atoms with E-state index in [0.717, 1.165) is 48.3 Å². The van der Waals surface area contributed by atoms with E-state index in [2.05, 4.69) is 12.1 Å². The Morgan fingerprint density at radius 2 is 1.26 bits per heavy atom. The fourth-order valence-corrected chi connectivity index (χ4v) is 3.14. The molecule has 3 aromatic carbocycles. The Balaban J connectivity index is 1.27. The topological polar surface area (TPSA) is 70.8 Å². The molecule has 0 heterocycles. The highest BCUT2D eigenvalue weighted by molar-refractivity contribution is 5.89. The number of rotatable bonds is 11. The quantitative estimate of drug-likeness (QED) is 0.244. The van der Waals surface area contributed by atoms with Crippen LogP contribution in [0.3, 0.4) is 0 Å². The van der Waals surface area contributed by atoms with Crippen molar-refractivity contribution < 1.29 is 19.0 Å². The fourth-order valence-electron chi connectivity index (χ4n) is 3.14. The lowest BCUT2D eigenvalue weighted by Gasteiger charge is -2.08. The number of nitrogen functional groups attached to an aromatic ring is 1. The molecule has 2 N–H and O–H groups in total. The van der Waals surface area contributed by atoms with Crippen LogP contribution >= 0.6 is 0 Å². The average Bonchev–Trinajstić information content (AvgIpc) is 2.81. The smallest absolute Gasteiger partial charge is 0.338 e. The van der Waals surface area contributed by atoms with Crippen molar-refractivity contribution in [2.75, 3.05) is 26.1 Å². The highest BCUT2D eigenvalue weighted by Gasteiger charge is 2.06. The molecule has 0 fully saturated rings. The minimum Gasteiger partial charge on any atom is -0.497 e. The van der Waals surface area contributed by atoms with Gasteiger partial charge in [-0.2, -0.15) is 0 Å². The van der Waals surface area contributed by atoms with Crippen LogP contribution in [0, 0.1) is 0 Å². The summed E-state index contributed by atoms with van der Waals surface area (Å²) in [6.07, 6.45) is 3.83. The molecule has 5 heteroatoms. The predicted octanol–water partition coefficient (Wildman–Crippen LogP) is 5.74. The van der Waals surface area contributed by atoms with E-state index in [1.54, 1.807) is 31.4 Å². The largest absolute Gasteiger partial charge is 0.497 e. The summed E-state index contributed by atoms with van der Waals surface area (Å²) in [6.45, 7) is 1.10. The van der Waals surface area contributed by atoms with E-state index in [1.807, 2.05) is 36.4 Å². The van der Waals surface area contributed by atoms with Gasteiger partial charge in [-0.3, -0.25) is 0 Å². The van der Waals surface area contributed by atoms with Crippen LogP contribution in [0.15, 0.2) is 72.8 Å². The molecule has 31 heavy (non-hydrogen) atoms. The van der Waals surface area contributed by atoms with E-state index >= 15 is 0 Å². The molecule has 3 rings (SSSR count). The first-order chi connectivity index (χ1) is 15.2. The average molecular weight is 420 g/mol. The monoisotopic (exact) mass is 419 g/mol. The Morgan fingerprint density at radius 1 is 0.710 bits per heavy atom. The number of hydrogen-bond donors (Lipinski definition) is 1. The number of hydrogen-bond acceptors (Lipinski definition) is 5. The first-order valence-electron chi connectivity index (χ1n) is 10.6. The second-order valence-electron chi connectivity index (χ2n) is 7.27. The molecule has 0 unspecified atom stereocenters. The molecule has 5 nitrogen and oxygen atoms in total. The van der Waals surface area contributed by atoms with Gasteiger partial charge in [-0.05, 0) is 85.3 Å². The Hall–Kier alpha value is -3.47. The summed E-state index contributed by atoms with van der Waals surface area (Å²) >= 11 is 0. The number of ether oxygens (including phenoxy) is 3. The zero-order valence-electron chi connectivity index (χ0n) is 17.9. The third-order valence-corrected chi connectivity index (χ3v) is 4.96. The van der Waals surface area contributed by atoms with Crippen LogP contribution in [0.1, 0.15) is 36.0 Å². The van der Waals surface area contributed by atoms with E-state index in [9.17, 15) is 4.79 Å². The zero-order valence-corrected chi connectivity index (χ0v) is 17.9. The third-order valence-electron chi connectivity index (χ3n) is 4.96. The molecule has 162 valence electrons. The highest BCUT2D eigenvalue weighted by Crippen LogP contribution is 2.24. The van der Waals surface area contributed by atoms with E-state index in [1.165, 1.54) is 0 Å². The molecule has 0 saturated carbocycles. The summed E-state index contributed by atoms with van der Waals surface area (Å²) < 4.78 is 16.3. The minimum atomic E-state index is -0.304. The van der Waals surface area contributed by atoms with Gasteiger partial charge in [-0.25, -0.2) is 4.79 Å². The first kappa shape index (κ1) is 22.2. The molecule has 0 atom stereocenters. The molecular formula is C26H29NO4. The Labute approximate surface area is 183 Å². The molecule has 3 aromatic rings. The Morgan fingerprint density at radius 3 is 1.84 bits per heavy atom. The van der Waals surface area contributed by atoms with Crippen LogP contribution < -0.4 is 15.2 Å². The number of carbonyl (C=O) groups is 1. The highest BCUT2D eigenvalue weighted by atomic mass is 16.5. The maximum atomic E-state index is 11.9. The number of benzene rings is 3. The number of unbranched alkanes of at least 4 members (excludes halogenated alkanes) is 3. The van der Waals surface area contributed by atoms with Gasteiger partial charge in [-0.15, -0.1) is 0 Å². The lowest BCUT2D eigenvalue weighted by atomic mass is 10.1. The summed E-state index contributed by atoms with van der Waals surface area (Å²) in [7, 11) is 1.67. The van der Waals surface area contributed by atoms with Gasteiger partial charge in [0, 0.05) is 5.69 Å². The van der Waals surface area contributed by atoms with Gasteiger partial charge >= 0.3 is 5.97 Å². The normalized spacial score (nSPS) is 10.5. The van der Waals surface area contributed by atoms with Gasteiger partial charge in [0.05, 0.1) is 25.9 Å². The van der Waals surface area contributed by atoms with Gasteiger partial charge in [0.1, 0.15) is 11.5 Å². The summed E-state index contributed by atoms with van der Waals surface area (Å²) in [5.41, 5.74) is 9.06. The zero-order chi connectivity index (χ0) is 21.9. The number of methoxy groups -OCH3 is 1. The SMILES string of the molecule is COc1ccc(-c2ccc(OCCCCCCOC(=O)c3ccc(N)cc3)cc2)cc1. The lowest BCUT2D eigenvalue weighted by molar-refractivity contribution is 0.0497. The Bertz CT molecular complexity index is 935. The van der Waals surface area contributed by atoms with Crippen molar-refractivity contribution >= 4 is 11.7 Å². The van der Waals surface area contributed by atoms with Crippen molar-refractivity contribution in [1.29, 1.82) is 0 Å². The van der Waals surface area contributed by atoms with Crippen molar-refractivity contribution in [2.24, 2.45) is 0 Å². The molecular weight excluding hydrogens is 390 g/mol. The molecule has 0 saturated heterocycles. The van der Waals surface area contributed by atoms with Gasteiger partial charge in [0.15, 0.2) is 0 Å². The second kappa shape index (κ2) is 11.6. The van der Waals surface area contributed by atoms with Crippen LogP contribution in [0.4, 0.5) is 5.69 Å². The van der Waals surface area contributed by atoms with Crippen molar-refractivity contribution in [3.8, 4) is 22.6 Å². The molecule has 0 amide bonds. The van der Waals surface area contributed by atoms with E-state index in [0.29, 0.717) is 24.5 Å². The summed E-state index contributed by atoms with van der Waals surface area (Å²) in [4.78, 5) is 11.9. The molecule has 0 aliphatic carbocycles. The van der Waals surface area contributed by atoms with Crippen LogP contribution in [-0.2, 0) is 4.74 Å². The maximum absolute atomic E-state index is 11.9. The fraction of sp³-hybridized carbons (Fsp3) is 0.269. The van der Waals surface area contributed by atoms with E-state index in [-0.39, 0.29) is 5.97 Å². The lowest BCUT2D eigenvalue weighted by Crippen LogP contribution is -2.06. The molecule has 0 spiro atoms. The maximum Gasteiger partial charge on any atom is 0.338 e. The van der Waals surface area contributed by atoms with Crippen molar-refractivity contribution in [3.63, 3.8) is 0 Å². The summed E-state index contributed by atoms with van der Waals surface area (Å²) in [6, 6.07) is 22.9. The van der Waals surface area contributed by atoms with Crippen molar-refractivity contribution in [2.45, 2.75) is 25.7 Å². The molecule has 0 radical (unpaired) electrons. The van der Waals surface area contributed by atoms with Crippen molar-refractivity contribution in [1.82, 2.24) is 0 Å². The van der Waals surface area contributed by atoms with Crippen LogP contribution in [0.2, 0.25) is 0 Å². The standard InChI is InChI=1S/C26H29NO4/c1-29-24-14-8-20(9-15-24)21-10-16-25(17-11-21)30-18-4-2-3-5-19-31-26(28)22-6-12-23(27)13-7-22/h6-17H,2-5,18-19,27H2,1H3. The first-order valence-corrected chi connectivity index (χ1v) is 10.6. The van der Waals surface area contributed by atoms with Crippen LogP contribution in [-0.4, -0.2) is 26.3 Å². The predicted molar refractivity (Wildman–Crippen MR) is 124 cm³/mol. The van der Waals surface area contributed by atoms with Crippen LogP contribution in [0.25, 0.3) is 11.1 Å². The molecule has 0 aliphatic heterocycles. The second-order valence-corrected chi connectivity index (χ2v) is 7.27. The van der Waals surface area contributed by atoms with E-state index < -0.39 is 0 Å². The minimum absolute atomic E-state index is 0.304. The number of nitrogens with two attached hydrogens (primary N) is 1. The van der Waals surface area contributed by atoms with Gasteiger partial charge in [0.25, 0.3) is 0 Å².